The maximum Gasteiger partial charge on any atom is 0.221 e. The van der Waals surface area contributed by atoms with Gasteiger partial charge in [0, 0.05) is 32.6 Å². The summed E-state index contributed by atoms with van der Waals surface area (Å²) in [6.45, 7) is 12.3. The van der Waals surface area contributed by atoms with Crippen molar-refractivity contribution in [2.45, 2.75) is 111 Å². The van der Waals surface area contributed by atoms with Crippen molar-refractivity contribution >= 4 is 5.91 Å². The molecule has 1 amide bonds. The molecule has 0 radical (unpaired) electrons. The number of carbonyl (C=O) groups excluding carboxylic acids is 1. The minimum absolute atomic E-state index is 0.209. The first-order valence-corrected chi connectivity index (χ1v) is 12.4. The molecule has 0 atom stereocenters. The maximum absolute atomic E-state index is 12.0. The Labute approximate surface area is 176 Å². The molecule has 0 aliphatic rings. The van der Waals surface area contributed by atoms with Crippen LogP contribution in [0.15, 0.2) is 0 Å². The van der Waals surface area contributed by atoms with E-state index in [9.17, 15) is 4.79 Å². The molecule has 2 N–H and O–H groups in total. The second-order valence-electron chi connectivity index (χ2n) is 8.13. The summed E-state index contributed by atoms with van der Waals surface area (Å²) >= 11 is 0. The van der Waals surface area contributed by atoms with E-state index >= 15 is 0 Å². The lowest BCUT2D eigenvalue weighted by Crippen LogP contribution is -2.35. The van der Waals surface area contributed by atoms with Crippen molar-refractivity contribution in [3.8, 4) is 0 Å². The Kier molecular flexibility index (Phi) is 22.2. The van der Waals surface area contributed by atoms with Crippen molar-refractivity contribution in [1.29, 1.82) is 0 Å². The first-order valence-electron chi connectivity index (χ1n) is 12.4. The van der Waals surface area contributed by atoms with E-state index in [-0.39, 0.29) is 5.91 Å². The smallest absolute Gasteiger partial charge is 0.221 e. The fraction of sp³-hybridized carbons (Fsp3) is 0.958. The van der Waals surface area contributed by atoms with E-state index in [4.69, 9.17) is 0 Å². The van der Waals surface area contributed by atoms with Gasteiger partial charge in [-0.2, -0.15) is 0 Å². The van der Waals surface area contributed by atoms with Crippen LogP contribution in [0.3, 0.4) is 0 Å². The molecule has 168 valence electrons. The summed E-state index contributed by atoms with van der Waals surface area (Å²) in [5.41, 5.74) is 0. The van der Waals surface area contributed by atoms with E-state index in [1.807, 2.05) is 0 Å². The Balaban J connectivity index is 3.31. The minimum Gasteiger partial charge on any atom is -0.356 e. The van der Waals surface area contributed by atoms with Gasteiger partial charge in [-0.05, 0) is 19.5 Å². The second kappa shape index (κ2) is 22.7. The van der Waals surface area contributed by atoms with Gasteiger partial charge < -0.3 is 15.5 Å². The van der Waals surface area contributed by atoms with Crippen LogP contribution in [0.4, 0.5) is 0 Å². The molecule has 0 aromatic heterocycles. The molecule has 4 nitrogen and oxygen atoms in total. The lowest BCUT2D eigenvalue weighted by molar-refractivity contribution is -0.121. The van der Waals surface area contributed by atoms with Gasteiger partial charge in [0.1, 0.15) is 0 Å². The van der Waals surface area contributed by atoms with Gasteiger partial charge in [0.05, 0.1) is 0 Å². The van der Waals surface area contributed by atoms with E-state index in [1.165, 1.54) is 77.0 Å². The van der Waals surface area contributed by atoms with E-state index in [0.29, 0.717) is 6.42 Å². The monoisotopic (exact) mass is 397 g/mol. The maximum atomic E-state index is 12.0. The Morgan fingerprint density at radius 3 is 1.71 bits per heavy atom. The number of unbranched alkanes of at least 4 members (excludes halogenated alkanes) is 12. The van der Waals surface area contributed by atoms with Crippen LogP contribution in [-0.2, 0) is 4.79 Å². The number of hydrogen-bond acceptors (Lipinski definition) is 3. The third-order valence-corrected chi connectivity index (χ3v) is 5.56. The van der Waals surface area contributed by atoms with E-state index in [2.05, 4.69) is 36.3 Å². The minimum atomic E-state index is 0.209. The summed E-state index contributed by atoms with van der Waals surface area (Å²) in [7, 11) is 0. The topological polar surface area (TPSA) is 44.4 Å². The van der Waals surface area contributed by atoms with Crippen LogP contribution in [0, 0.1) is 0 Å². The molecule has 0 aliphatic heterocycles. The molecule has 0 saturated carbocycles. The first-order chi connectivity index (χ1) is 13.7. The highest BCUT2D eigenvalue weighted by atomic mass is 16.1. The van der Waals surface area contributed by atoms with E-state index < -0.39 is 0 Å². The normalized spacial score (nSPS) is 11.3. The van der Waals surface area contributed by atoms with Crippen molar-refractivity contribution < 1.29 is 4.79 Å². The molecule has 0 fully saturated rings. The van der Waals surface area contributed by atoms with Crippen molar-refractivity contribution in [3.63, 3.8) is 0 Å². The molecular weight excluding hydrogens is 346 g/mol. The molecule has 0 unspecified atom stereocenters. The Morgan fingerprint density at radius 1 is 0.679 bits per heavy atom. The first kappa shape index (κ1) is 27.4. The van der Waals surface area contributed by atoms with Crippen LogP contribution < -0.4 is 10.6 Å². The average Bonchev–Trinajstić information content (AvgIpc) is 2.70. The van der Waals surface area contributed by atoms with Crippen molar-refractivity contribution in [1.82, 2.24) is 15.5 Å². The van der Waals surface area contributed by atoms with Crippen LogP contribution in [0.1, 0.15) is 111 Å². The van der Waals surface area contributed by atoms with Gasteiger partial charge >= 0.3 is 0 Å². The predicted octanol–water partition coefficient (Wildman–Crippen LogP) is 5.52. The molecule has 0 aromatic rings. The molecule has 0 rings (SSSR count). The van der Waals surface area contributed by atoms with Gasteiger partial charge in [-0.1, -0.05) is 97.8 Å². The molecule has 0 aliphatic carbocycles. The van der Waals surface area contributed by atoms with Crippen LogP contribution in [-0.4, -0.2) is 50.1 Å². The number of nitrogens with one attached hydrogen (secondary N) is 2. The third kappa shape index (κ3) is 20.1. The fourth-order valence-electron chi connectivity index (χ4n) is 3.56. The zero-order valence-electron chi connectivity index (χ0n) is 19.5. The molecule has 0 spiro atoms. The average molecular weight is 398 g/mol. The lowest BCUT2D eigenvalue weighted by atomic mass is 10.0. The number of likely N-dealkylation sites (N-methyl/N-ethyl adjacent to an activating group) is 2. The molecule has 4 heteroatoms. The Morgan fingerprint density at radius 2 is 1.21 bits per heavy atom. The van der Waals surface area contributed by atoms with E-state index in [1.54, 1.807) is 0 Å². The summed E-state index contributed by atoms with van der Waals surface area (Å²) in [5.74, 6) is 0.209. The molecule has 28 heavy (non-hydrogen) atoms. The zero-order valence-corrected chi connectivity index (χ0v) is 19.5. The lowest BCUT2D eigenvalue weighted by Gasteiger charge is -2.20. The molecular formula is C24H51N3O. The quantitative estimate of drug-likeness (QED) is 0.237. The van der Waals surface area contributed by atoms with Crippen LogP contribution in [0.2, 0.25) is 0 Å². The number of amides is 1. The van der Waals surface area contributed by atoms with Gasteiger partial charge in [-0.3, -0.25) is 4.79 Å². The zero-order chi connectivity index (χ0) is 20.7. The summed E-state index contributed by atoms with van der Waals surface area (Å²) in [6.07, 6.45) is 18.4. The SMILES string of the molecule is CCCCCCCCCCCCCCCNC(=O)CCN(CC)CCNCC. The van der Waals surface area contributed by atoms with E-state index in [0.717, 1.165) is 45.7 Å². The molecule has 0 saturated heterocycles. The van der Waals surface area contributed by atoms with Crippen molar-refractivity contribution in [2.24, 2.45) is 0 Å². The molecule has 0 heterocycles. The highest BCUT2D eigenvalue weighted by Crippen LogP contribution is 2.12. The van der Waals surface area contributed by atoms with Gasteiger partial charge in [0.2, 0.25) is 5.91 Å². The van der Waals surface area contributed by atoms with Gasteiger partial charge in [-0.15, -0.1) is 0 Å². The number of rotatable bonds is 22. The Hall–Kier alpha value is -0.610. The summed E-state index contributed by atoms with van der Waals surface area (Å²) in [6, 6.07) is 0. The van der Waals surface area contributed by atoms with Crippen molar-refractivity contribution in [2.75, 3.05) is 39.3 Å². The summed E-state index contributed by atoms with van der Waals surface area (Å²) in [5, 5.41) is 6.43. The summed E-state index contributed by atoms with van der Waals surface area (Å²) in [4.78, 5) is 14.3. The largest absolute Gasteiger partial charge is 0.356 e. The highest BCUT2D eigenvalue weighted by Gasteiger charge is 2.06. The number of carbonyl (C=O) groups is 1. The van der Waals surface area contributed by atoms with Crippen LogP contribution in [0.25, 0.3) is 0 Å². The van der Waals surface area contributed by atoms with Crippen LogP contribution >= 0.6 is 0 Å². The standard InChI is InChI=1S/C24H51N3O/c1-4-7-8-9-10-11-12-13-14-15-16-17-18-20-26-24(28)19-22-27(6-3)23-21-25-5-2/h25H,4-23H2,1-3H3,(H,26,28). The molecule has 0 aromatic carbocycles. The fourth-order valence-corrected chi connectivity index (χ4v) is 3.56. The van der Waals surface area contributed by atoms with Crippen LogP contribution in [0.5, 0.6) is 0 Å². The van der Waals surface area contributed by atoms with Gasteiger partial charge in [-0.25, -0.2) is 0 Å². The van der Waals surface area contributed by atoms with Gasteiger partial charge in [0.15, 0.2) is 0 Å². The highest BCUT2D eigenvalue weighted by molar-refractivity contribution is 5.75. The number of hydrogen-bond donors (Lipinski definition) is 2. The predicted molar refractivity (Wildman–Crippen MR) is 124 cm³/mol. The molecule has 0 bridgehead atoms. The third-order valence-electron chi connectivity index (χ3n) is 5.56. The summed E-state index contributed by atoms with van der Waals surface area (Å²) < 4.78 is 0. The second-order valence-corrected chi connectivity index (χ2v) is 8.13. The number of nitrogens with zero attached hydrogens (tertiary/aromatic N) is 1. The van der Waals surface area contributed by atoms with Crippen molar-refractivity contribution in [3.05, 3.63) is 0 Å². The Bertz CT molecular complexity index is 323. The van der Waals surface area contributed by atoms with Gasteiger partial charge in [0.25, 0.3) is 0 Å².